The van der Waals surface area contributed by atoms with Crippen molar-refractivity contribution in [2.24, 2.45) is 11.7 Å². The Kier molecular flexibility index (Phi) is 4.53. The van der Waals surface area contributed by atoms with Crippen LogP contribution in [0.4, 0.5) is 0 Å². The molecule has 92 valence electrons. The average Bonchev–Trinajstić information content (AvgIpc) is 2.39. The summed E-state index contributed by atoms with van der Waals surface area (Å²) in [6.07, 6.45) is 5.90. The van der Waals surface area contributed by atoms with E-state index in [0.29, 0.717) is 11.8 Å². The quantitative estimate of drug-likeness (QED) is 0.797. The van der Waals surface area contributed by atoms with Crippen molar-refractivity contribution < 1.29 is 4.79 Å². The molecule has 0 aromatic carbocycles. The molecule has 4 heteroatoms. The van der Waals surface area contributed by atoms with E-state index in [9.17, 15) is 4.79 Å². The van der Waals surface area contributed by atoms with Crippen molar-refractivity contribution in [1.82, 2.24) is 4.90 Å². The van der Waals surface area contributed by atoms with Gasteiger partial charge in [0, 0.05) is 13.1 Å². The van der Waals surface area contributed by atoms with E-state index in [1.54, 1.807) is 0 Å². The molecule has 2 atom stereocenters. The average molecular weight is 242 g/mol. The Morgan fingerprint density at radius 1 is 1.31 bits per heavy atom. The fourth-order valence-electron chi connectivity index (χ4n) is 2.60. The summed E-state index contributed by atoms with van der Waals surface area (Å²) in [5.74, 6) is 2.07. The van der Waals surface area contributed by atoms with Gasteiger partial charge in [0.05, 0.1) is 5.25 Å². The summed E-state index contributed by atoms with van der Waals surface area (Å²) in [5, 5.41) is 0.241. The molecule has 2 unspecified atom stereocenters. The second kappa shape index (κ2) is 5.92. The molecule has 0 saturated carbocycles. The van der Waals surface area contributed by atoms with Gasteiger partial charge >= 0.3 is 0 Å². The van der Waals surface area contributed by atoms with Gasteiger partial charge in [-0.3, -0.25) is 4.79 Å². The Morgan fingerprint density at radius 2 is 2.19 bits per heavy atom. The van der Waals surface area contributed by atoms with Crippen LogP contribution in [-0.4, -0.2) is 41.4 Å². The fraction of sp³-hybridized carbons (Fsp3) is 0.917. The van der Waals surface area contributed by atoms with Crippen LogP contribution in [0.2, 0.25) is 0 Å². The summed E-state index contributed by atoms with van der Waals surface area (Å²) in [6, 6.07) is 0. The molecule has 0 aliphatic carbocycles. The number of amides is 1. The first-order valence-electron chi connectivity index (χ1n) is 6.41. The molecule has 2 N–H and O–H groups in total. The predicted molar refractivity (Wildman–Crippen MR) is 68.5 cm³/mol. The topological polar surface area (TPSA) is 46.3 Å². The maximum Gasteiger partial charge on any atom is 0.235 e. The van der Waals surface area contributed by atoms with Gasteiger partial charge in [-0.2, -0.15) is 0 Å². The van der Waals surface area contributed by atoms with E-state index in [-0.39, 0.29) is 5.25 Å². The molecule has 0 spiro atoms. The fourth-order valence-corrected chi connectivity index (χ4v) is 3.88. The zero-order chi connectivity index (χ0) is 11.4. The lowest BCUT2D eigenvalue weighted by Crippen LogP contribution is -2.46. The number of rotatable bonds is 2. The van der Waals surface area contributed by atoms with Crippen molar-refractivity contribution in [1.29, 1.82) is 0 Å². The van der Waals surface area contributed by atoms with Gasteiger partial charge in [-0.25, -0.2) is 0 Å². The molecule has 0 radical (unpaired) electrons. The predicted octanol–water partition coefficient (Wildman–Crippen LogP) is 1.47. The van der Waals surface area contributed by atoms with Crippen molar-refractivity contribution in [3.05, 3.63) is 0 Å². The smallest absolute Gasteiger partial charge is 0.235 e. The van der Waals surface area contributed by atoms with Crippen LogP contribution in [0.3, 0.4) is 0 Å². The van der Waals surface area contributed by atoms with Crippen molar-refractivity contribution >= 4 is 17.7 Å². The first-order valence-corrected chi connectivity index (χ1v) is 7.46. The summed E-state index contributed by atoms with van der Waals surface area (Å²) >= 11 is 1.85. The number of carbonyl (C=O) groups is 1. The minimum Gasteiger partial charge on any atom is -0.341 e. The zero-order valence-corrected chi connectivity index (χ0v) is 10.7. The highest BCUT2D eigenvalue weighted by molar-refractivity contribution is 8.00. The van der Waals surface area contributed by atoms with Crippen LogP contribution < -0.4 is 5.73 Å². The number of nitrogens with zero attached hydrogens (tertiary/aromatic N) is 1. The Labute approximate surface area is 102 Å². The number of carbonyl (C=O) groups excluding carboxylic acids is 1. The maximum absolute atomic E-state index is 12.3. The van der Waals surface area contributed by atoms with Crippen molar-refractivity contribution in [2.75, 3.05) is 25.4 Å². The van der Waals surface area contributed by atoms with Crippen LogP contribution >= 0.6 is 11.8 Å². The SMILES string of the molecule is NCC1CCCN(C(=O)C2CCCCS2)C1. The van der Waals surface area contributed by atoms with Crippen LogP contribution in [0.5, 0.6) is 0 Å². The van der Waals surface area contributed by atoms with Crippen LogP contribution in [0.15, 0.2) is 0 Å². The third-order valence-electron chi connectivity index (χ3n) is 3.62. The molecule has 2 saturated heterocycles. The van der Waals surface area contributed by atoms with E-state index < -0.39 is 0 Å². The number of thioether (sulfide) groups is 1. The van der Waals surface area contributed by atoms with Crippen LogP contribution in [0, 0.1) is 5.92 Å². The van der Waals surface area contributed by atoms with Crippen LogP contribution in [0.25, 0.3) is 0 Å². The molecule has 3 nitrogen and oxygen atoms in total. The Hall–Kier alpha value is -0.220. The molecule has 2 aliphatic heterocycles. The maximum atomic E-state index is 12.3. The van der Waals surface area contributed by atoms with Crippen molar-refractivity contribution in [3.8, 4) is 0 Å². The lowest BCUT2D eigenvalue weighted by Gasteiger charge is -2.35. The zero-order valence-electron chi connectivity index (χ0n) is 9.86. The highest BCUT2D eigenvalue weighted by atomic mass is 32.2. The highest BCUT2D eigenvalue weighted by Crippen LogP contribution is 2.28. The monoisotopic (exact) mass is 242 g/mol. The summed E-state index contributed by atoms with van der Waals surface area (Å²) in [4.78, 5) is 14.3. The lowest BCUT2D eigenvalue weighted by atomic mass is 9.98. The van der Waals surface area contributed by atoms with Crippen LogP contribution in [0.1, 0.15) is 32.1 Å². The molecule has 16 heavy (non-hydrogen) atoms. The van der Waals surface area contributed by atoms with E-state index >= 15 is 0 Å². The van der Waals surface area contributed by atoms with Gasteiger partial charge in [0.25, 0.3) is 0 Å². The van der Waals surface area contributed by atoms with Gasteiger partial charge in [0.1, 0.15) is 0 Å². The van der Waals surface area contributed by atoms with Gasteiger partial charge < -0.3 is 10.6 Å². The van der Waals surface area contributed by atoms with Gasteiger partial charge in [0.15, 0.2) is 0 Å². The Morgan fingerprint density at radius 3 is 2.88 bits per heavy atom. The molecule has 2 rings (SSSR count). The van der Waals surface area contributed by atoms with E-state index in [0.717, 1.165) is 38.2 Å². The minimum absolute atomic E-state index is 0.241. The van der Waals surface area contributed by atoms with Crippen LogP contribution in [-0.2, 0) is 4.79 Å². The number of nitrogens with two attached hydrogens (primary N) is 1. The summed E-state index contributed by atoms with van der Waals surface area (Å²) in [5.41, 5.74) is 5.70. The van der Waals surface area contributed by atoms with E-state index in [1.165, 1.54) is 19.3 Å². The molecule has 1 amide bonds. The van der Waals surface area contributed by atoms with Gasteiger partial charge in [-0.15, -0.1) is 11.8 Å². The first kappa shape index (κ1) is 12.2. The second-order valence-corrected chi connectivity index (χ2v) is 6.19. The molecule has 2 heterocycles. The summed E-state index contributed by atoms with van der Waals surface area (Å²) in [6.45, 7) is 2.57. The third kappa shape index (κ3) is 2.92. The lowest BCUT2D eigenvalue weighted by molar-refractivity contribution is -0.132. The summed E-state index contributed by atoms with van der Waals surface area (Å²) < 4.78 is 0. The normalized spacial score (nSPS) is 31.4. The minimum atomic E-state index is 0.241. The van der Waals surface area contributed by atoms with E-state index in [4.69, 9.17) is 5.73 Å². The summed E-state index contributed by atoms with van der Waals surface area (Å²) in [7, 11) is 0. The molecule has 2 aliphatic rings. The third-order valence-corrected chi connectivity index (χ3v) is 4.98. The number of likely N-dealkylation sites (tertiary alicyclic amines) is 1. The van der Waals surface area contributed by atoms with Gasteiger partial charge in [0.2, 0.25) is 5.91 Å². The molecule has 0 aromatic rings. The van der Waals surface area contributed by atoms with E-state index in [1.807, 2.05) is 11.8 Å². The van der Waals surface area contributed by atoms with Crippen molar-refractivity contribution in [3.63, 3.8) is 0 Å². The number of hydrogen-bond donors (Lipinski definition) is 1. The Bertz CT molecular complexity index is 241. The highest BCUT2D eigenvalue weighted by Gasteiger charge is 2.29. The number of piperidine rings is 1. The standard InChI is InChI=1S/C12H22N2OS/c13-8-10-4-3-6-14(9-10)12(15)11-5-1-2-7-16-11/h10-11H,1-9,13H2. The Balaban J connectivity index is 1.87. The van der Waals surface area contributed by atoms with Gasteiger partial charge in [-0.1, -0.05) is 6.42 Å². The molecular formula is C12H22N2OS. The largest absolute Gasteiger partial charge is 0.341 e. The second-order valence-electron chi connectivity index (χ2n) is 4.88. The molecule has 0 bridgehead atoms. The first-order chi connectivity index (χ1) is 7.81. The molecule has 0 aromatic heterocycles. The van der Waals surface area contributed by atoms with Crippen molar-refractivity contribution in [2.45, 2.75) is 37.4 Å². The molecular weight excluding hydrogens is 220 g/mol. The van der Waals surface area contributed by atoms with E-state index in [2.05, 4.69) is 4.90 Å². The molecule has 2 fully saturated rings. The number of hydrogen-bond acceptors (Lipinski definition) is 3. The van der Waals surface area contributed by atoms with Gasteiger partial charge in [-0.05, 0) is 43.9 Å².